The lowest BCUT2D eigenvalue weighted by atomic mass is 9.62. The van der Waals surface area contributed by atoms with Gasteiger partial charge in [-0.1, -0.05) is 45.8 Å². The molecule has 4 nitrogen and oxygen atoms in total. The molecule has 0 aromatic rings. The lowest BCUT2D eigenvalue weighted by Gasteiger charge is -2.43. The van der Waals surface area contributed by atoms with Crippen molar-refractivity contribution in [2.45, 2.75) is 67.0 Å². The van der Waals surface area contributed by atoms with Gasteiger partial charge in [-0.15, -0.1) is 0 Å². The fraction of sp³-hybridized carbons (Fsp3) is 0.765. The minimum absolute atomic E-state index is 0.0591. The molecule has 2 fully saturated rings. The van der Waals surface area contributed by atoms with Crippen LogP contribution in [0.15, 0.2) is 11.1 Å². The predicted molar refractivity (Wildman–Crippen MR) is 79.6 cm³/mol. The molecule has 3 aliphatic rings. The van der Waals surface area contributed by atoms with E-state index in [4.69, 9.17) is 4.74 Å². The molecule has 2 aliphatic carbocycles. The van der Waals surface area contributed by atoms with Gasteiger partial charge in [-0.05, 0) is 19.3 Å². The van der Waals surface area contributed by atoms with Gasteiger partial charge in [0.05, 0.1) is 6.04 Å². The molecular formula is C17H25NO3. The van der Waals surface area contributed by atoms with Crippen molar-refractivity contribution < 1.29 is 14.3 Å². The molecule has 0 spiro atoms. The zero-order valence-corrected chi connectivity index (χ0v) is 14.0. The predicted octanol–water partition coefficient (Wildman–Crippen LogP) is 3.51. The molecule has 0 aromatic heterocycles. The highest BCUT2D eigenvalue weighted by molar-refractivity contribution is 5.94. The zero-order chi connectivity index (χ0) is 16.0. The molecule has 1 saturated carbocycles. The summed E-state index contributed by atoms with van der Waals surface area (Å²) >= 11 is 0. The second-order valence-corrected chi connectivity index (χ2v) is 7.65. The Kier molecular flexibility index (Phi) is 2.58. The van der Waals surface area contributed by atoms with E-state index in [2.05, 4.69) is 41.5 Å². The van der Waals surface area contributed by atoms with Crippen LogP contribution in [0.5, 0.6) is 0 Å². The monoisotopic (exact) mass is 291 g/mol. The minimum atomic E-state index is -0.465. The summed E-state index contributed by atoms with van der Waals surface area (Å²) in [5.41, 5.74) is 2.12. The molecule has 4 atom stereocenters. The standard InChI is InChI=1S/C17H25NO3/c1-8-11(19)18-12-13(21-14(18)20)17(7)10(3)9(2)16(12,6)15(17,4)5/h12-13H,8H2,1-7H3/t12-,13+,16-,17+/m1/s1. The van der Waals surface area contributed by atoms with E-state index in [0.29, 0.717) is 6.42 Å². The Balaban J connectivity index is 2.24. The molecule has 4 heteroatoms. The van der Waals surface area contributed by atoms with Gasteiger partial charge >= 0.3 is 6.09 Å². The van der Waals surface area contributed by atoms with Crippen LogP contribution in [0.25, 0.3) is 0 Å². The maximum Gasteiger partial charge on any atom is 0.417 e. The van der Waals surface area contributed by atoms with Gasteiger partial charge < -0.3 is 4.74 Å². The van der Waals surface area contributed by atoms with Crippen molar-refractivity contribution in [3.8, 4) is 0 Å². The van der Waals surface area contributed by atoms with E-state index >= 15 is 0 Å². The second kappa shape index (κ2) is 3.71. The maximum absolute atomic E-state index is 12.3. The molecule has 1 heterocycles. The Morgan fingerprint density at radius 2 is 1.67 bits per heavy atom. The van der Waals surface area contributed by atoms with Crippen molar-refractivity contribution in [1.29, 1.82) is 0 Å². The fourth-order valence-corrected chi connectivity index (χ4v) is 5.32. The van der Waals surface area contributed by atoms with Crippen LogP contribution in [-0.2, 0) is 9.53 Å². The van der Waals surface area contributed by atoms with Crippen molar-refractivity contribution in [3.63, 3.8) is 0 Å². The van der Waals surface area contributed by atoms with E-state index in [0.717, 1.165) is 0 Å². The molecule has 116 valence electrons. The highest BCUT2D eigenvalue weighted by Crippen LogP contribution is 2.76. The number of hydrogen-bond donors (Lipinski definition) is 0. The number of amides is 2. The van der Waals surface area contributed by atoms with Crippen LogP contribution in [-0.4, -0.2) is 29.0 Å². The molecule has 0 N–H and O–H groups in total. The first kappa shape index (κ1) is 14.6. The lowest BCUT2D eigenvalue weighted by molar-refractivity contribution is -0.130. The minimum Gasteiger partial charge on any atom is -0.443 e. The van der Waals surface area contributed by atoms with Crippen molar-refractivity contribution >= 4 is 12.0 Å². The quantitative estimate of drug-likeness (QED) is 0.694. The molecule has 3 rings (SSSR count). The summed E-state index contributed by atoms with van der Waals surface area (Å²) in [6, 6.07) is -0.179. The Labute approximate surface area is 126 Å². The highest BCUT2D eigenvalue weighted by Gasteiger charge is 2.79. The molecule has 0 aromatic carbocycles. The van der Waals surface area contributed by atoms with Crippen LogP contribution in [0.1, 0.15) is 54.9 Å². The van der Waals surface area contributed by atoms with Gasteiger partial charge in [0.25, 0.3) is 0 Å². The van der Waals surface area contributed by atoms with Crippen LogP contribution in [0.3, 0.4) is 0 Å². The second-order valence-electron chi connectivity index (χ2n) is 7.65. The molecule has 0 unspecified atom stereocenters. The summed E-state index contributed by atoms with van der Waals surface area (Å²) in [6.45, 7) is 15.0. The van der Waals surface area contributed by atoms with Gasteiger partial charge in [-0.2, -0.15) is 0 Å². The van der Waals surface area contributed by atoms with Gasteiger partial charge in [0.1, 0.15) is 6.10 Å². The summed E-state index contributed by atoms with van der Waals surface area (Å²) in [5.74, 6) is -0.133. The number of nitrogens with zero attached hydrogens (tertiary/aromatic N) is 1. The molecule has 0 radical (unpaired) electrons. The number of rotatable bonds is 1. The van der Waals surface area contributed by atoms with E-state index in [1.807, 2.05) is 0 Å². The van der Waals surface area contributed by atoms with E-state index in [1.165, 1.54) is 16.0 Å². The number of ether oxygens (including phenoxy) is 1. The van der Waals surface area contributed by atoms with Gasteiger partial charge in [0.2, 0.25) is 5.91 Å². The number of imide groups is 1. The first-order valence-electron chi connectivity index (χ1n) is 7.77. The average Bonchev–Trinajstić information content (AvgIpc) is 2.87. The lowest BCUT2D eigenvalue weighted by Crippen LogP contribution is -2.51. The Hall–Kier alpha value is -1.32. The average molecular weight is 291 g/mol. The van der Waals surface area contributed by atoms with E-state index in [-0.39, 0.29) is 34.3 Å². The maximum atomic E-state index is 12.3. The first-order valence-corrected chi connectivity index (χ1v) is 7.77. The van der Waals surface area contributed by atoms with Crippen LogP contribution in [0.4, 0.5) is 4.79 Å². The van der Waals surface area contributed by atoms with Crippen LogP contribution < -0.4 is 0 Å². The van der Waals surface area contributed by atoms with Gasteiger partial charge in [0.15, 0.2) is 0 Å². The first-order chi connectivity index (χ1) is 9.56. The fourth-order valence-electron chi connectivity index (χ4n) is 5.32. The number of fused-ring (bicyclic) bond motifs is 5. The summed E-state index contributed by atoms with van der Waals surface area (Å²) in [4.78, 5) is 26.0. The van der Waals surface area contributed by atoms with Crippen molar-refractivity contribution in [2.24, 2.45) is 16.2 Å². The molecule has 2 amide bonds. The third kappa shape index (κ3) is 1.17. The van der Waals surface area contributed by atoms with Crippen molar-refractivity contribution in [2.75, 3.05) is 0 Å². The normalized spacial score (nSPS) is 43.4. The molecule has 2 bridgehead atoms. The molecular weight excluding hydrogens is 266 g/mol. The number of hydrogen-bond acceptors (Lipinski definition) is 3. The summed E-state index contributed by atoms with van der Waals surface area (Å²) in [5, 5.41) is 0. The zero-order valence-electron chi connectivity index (χ0n) is 14.0. The topological polar surface area (TPSA) is 46.6 Å². The Morgan fingerprint density at radius 3 is 2.19 bits per heavy atom. The molecule has 1 aliphatic heterocycles. The third-order valence-electron chi connectivity index (χ3n) is 7.44. The van der Waals surface area contributed by atoms with E-state index < -0.39 is 6.09 Å². The largest absolute Gasteiger partial charge is 0.443 e. The summed E-state index contributed by atoms with van der Waals surface area (Å²) in [7, 11) is 0. The summed E-state index contributed by atoms with van der Waals surface area (Å²) < 4.78 is 5.71. The van der Waals surface area contributed by atoms with E-state index in [9.17, 15) is 9.59 Å². The Bertz CT molecular complexity index is 591. The van der Waals surface area contributed by atoms with Crippen LogP contribution >= 0.6 is 0 Å². The smallest absolute Gasteiger partial charge is 0.417 e. The van der Waals surface area contributed by atoms with Crippen molar-refractivity contribution in [3.05, 3.63) is 11.1 Å². The van der Waals surface area contributed by atoms with E-state index in [1.54, 1.807) is 6.92 Å². The van der Waals surface area contributed by atoms with Gasteiger partial charge in [0, 0.05) is 17.3 Å². The van der Waals surface area contributed by atoms with Crippen LogP contribution in [0, 0.1) is 16.2 Å². The number of carbonyl (C=O) groups is 2. The SMILES string of the molecule is CCC(=O)N1C(=O)O[C@H]2[C@@H]1[C@@]1(C)C(C)=C(C)[C@]2(C)C1(C)C. The highest BCUT2D eigenvalue weighted by atomic mass is 16.6. The number of carbonyl (C=O) groups excluding carboxylic acids is 2. The van der Waals surface area contributed by atoms with Crippen molar-refractivity contribution in [1.82, 2.24) is 4.90 Å². The van der Waals surface area contributed by atoms with Gasteiger partial charge in [-0.3, -0.25) is 4.79 Å². The summed E-state index contributed by atoms with van der Waals surface area (Å²) in [6.07, 6.45) is -0.371. The third-order valence-corrected chi connectivity index (χ3v) is 7.44. The van der Waals surface area contributed by atoms with Crippen LogP contribution in [0.2, 0.25) is 0 Å². The van der Waals surface area contributed by atoms with Gasteiger partial charge in [-0.25, -0.2) is 9.69 Å². The molecule has 21 heavy (non-hydrogen) atoms. The molecule has 1 saturated heterocycles. The Morgan fingerprint density at radius 1 is 1.14 bits per heavy atom.